The lowest BCUT2D eigenvalue weighted by molar-refractivity contribution is -0.191. The van der Waals surface area contributed by atoms with Gasteiger partial charge < -0.3 is 15.1 Å². The first-order valence-corrected chi connectivity index (χ1v) is 12.8. The van der Waals surface area contributed by atoms with E-state index in [2.05, 4.69) is 22.2 Å². The molecule has 0 saturated carbocycles. The number of carbonyl (C=O) groups excluding carboxylic acids is 3. The molecule has 40 heavy (non-hydrogen) atoms. The molecule has 0 spiro atoms. The van der Waals surface area contributed by atoms with E-state index >= 15 is 0 Å². The van der Waals surface area contributed by atoms with Gasteiger partial charge in [-0.15, -0.1) is 0 Å². The summed E-state index contributed by atoms with van der Waals surface area (Å²) in [6, 6.07) is 5.52. The predicted octanol–water partition coefficient (Wildman–Crippen LogP) is 4.49. The Morgan fingerprint density at radius 3 is 2.05 bits per heavy atom. The monoisotopic (exact) mass is 573 g/mol. The second-order valence-corrected chi connectivity index (χ2v) is 9.56. The van der Waals surface area contributed by atoms with Crippen molar-refractivity contribution < 1.29 is 40.7 Å². The molecule has 2 fully saturated rings. The summed E-state index contributed by atoms with van der Waals surface area (Å²) in [5.74, 6) is -0.781. The highest BCUT2D eigenvalue weighted by Crippen LogP contribution is 2.34. The molecule has 1 atom stereocenters. The highest BCUT2D eigenvalue weighted by Gasteiger charge is 2.40. The van der Waals surface area contributed by atoms with Crippen LogP contribution in [0.2, 0.25) is 0 Å². The molecule has 218 valence electrons. The van der Waals surface area contributed by atoms with E-state index in [1.165, 1.54) is 23.1 Å². The van der Waals surface area contributed by atoms with Crippen LogP contribution in [0, 0.1) is 5.92 Å². The molecule has 0 bridgehead atoms. The van der Waals surface area contributed by atoms with Crippen molar-refractivity contribution in [3.8, 4) is 0 Å². The van der Waals surface area contributed by atoms with Gasteiger partial charge >= 0.3 is 18.5 Å². The van der Waals surface area contributed by atoms with Gasteiger partial charge in [-0.3, -0.25) is 4.79 Å². The van der Waals surface area contributed by atoms with Crippen LogP contribution in [0.15, 0.2) is 30.3 Å². The van der Waals surface area contributed by atoms with E-state index < -0.39 is 29.8 Å². The lowest BCUT2D eigenvalue weighted by Gasteiger charge is -2.41. The minimum atomic E-state index is -4.73. The van der Waals surface area contributed by atoms with E-state index in [1.807, 2.05) is 4.90 Å². The first-order chi connectivity index (χ1) is 18.9. The summed E-state index contributed by atoms with van der Waals surface area (Å²) in [5, 5.41) is 2.73. The quantitative estimate of drug-likeness (QED) is 0.488. The van der Waals surface area contributed by atoms with Gasteiger partial charge in [0.2, 0.25) is 11.7 Å². The molecular formula is C26H29F6N5O3. The zero-order valence-electron chi connectivity index (χ0n) is 21.7. The van der Waals surface area contributed by atoms with E-state index in [0.717, 1.165) is 31.4 Å². The Morgan fingerprint density at radius 1 is 0.950 bits per heavy atom. The summed E-state index contributed by atoms with van der Waals surface area (Å²) in [4.78, 5) is 39.9. The third kappa shape index (κ3) is 7.93. The Morgan fingerprint density at radius 2 is 1.55 bits per heavy atom. The number of benzene rings is 1. The molecule has 8 nitrogen and oxygen atoms in total. The van der Waals surface area contributed by atoms with Crippen LogP contribution in [0.1, 0.15) is 49.6 Å². The van der Waals surface area contributed by atoms with Gasteiger partial charge in [0.05, 0.1) is 5.56 Å². The summed E-state index contributed by atoms with van der Waals surface area (Å²) in [6.45, 7) is 3.89. The SMILES string of the molecule is CCC1CCN(c2cc(N3CC[C@H]3C(=O)NCCc3ccc(C(F)(F)F)cc3)nc(C(F)(F)F)n2)CC1.O=C=O. The number of nitrogens with zero attached hydrogens (tertiary/aromatic N) is 4. The molecule has 3 heterocycles. The lowest BCUT2D eigenvalue weighted by Crippen LogP contribution is -2.57. The normalized spacial score (nSPS) is 17.8. The minimum Gasteiger partial charge on any atom is -0.356 e. The van der Waals surface area contributed by atoms with Crippen LogP contribution < -0.4 is 15.1 Å². The zero-order chi connectivity index (χ0) is 29.5. The summed E-state index contributed by atoms with van der Waals surface area (Å²) in [7, 11) is 0. The number of carbonyl (C=O) groups is 1. The van der Waals surface area contributed by atoms with Gasteiger partial charge in [-0.2, -0.15) is 35.9 Å². The van der Waals surface area contributed by atoms with E-state index in [-0.39, 0.29) is 30.2 Å². The van der Waals surface area contributed by atoms with Crippen LogP contribution in [0.4, 0.5) is 38.0 Å². The number of halogens is 6. The number of alkyl halides is 6. The van der Waals surface area contributed by atoms with Gasteiger partial charge in [-0.05, 0) is 49.3 Å². The summed E-state index contributed by atoms with van der Waals surface area (Å²) >= 11 is 0. The van der Waals surface area contributed by atoms with Gasteiger partial charge in [0.25, 0.3) is 0 Å². The van der Waals surface area contributed by atoms with Crippen molar-refractivity contribution in [3.05, 3.63) is 47.3 Å². The number of rotatable bonds is 7. The number of anilines is 2. The van der Waals surface area contributed by atoms with Crippen molar-refractivity contribution in [1.29, 1.82) is 0 Å². The van der Waals surface area contributed by atoms with Crippen LogP contribution >= 0.6 is 0 Å². The van der Waals surface area contributed by atoms with E-state index in [4.69, 9.17) is 9.59 Å². The first kappa shape index (κ1) is 30.9. The van der Waals surface area contributed by atoms with E-state index in [1.54, 1.807) is 0 Å². The number of piperidine rings is 1. The Labute approximate surface area is 226 Å². The highest BCUT2D eigenvalue weighted by molar-refractivity contribution is 5.86. The Kier molecular flexibility index (Phi) is 10.1. The molecule has 2 saturated heterocycles. The summed E-state index contributed by atoms with van der Waals surface area (Å²) in [5.41, 5.74) is -0.122. The molecule has 2 aromatic rings. The van der Waals surface area contributed by atoms with E-state index in [0.29, 0.717) is 44.0 Å². The van der Waals surface area contributed by atoms with Gasteiger partial charge in [0.1, 0.15) is 17.7 Å². The molecular weight excluding hydrogens is 544 g/mol. The van der Waals surface area contributed by atoms with Gasteiger partial charge in [0, 0.05) is 32.2 Å². The largest absolute Gasteiger partial charge is 0.451 e. The molecule has 1 amide bonds. The number of nitrogens with one attached hydrogen (secondary N) is 1. The standard InChI is InChI=1S/C25H29F6N5O.CO2/c1-2-16-8-12-35(13-9-16)20-15-21(34-23(33-20)25(29,30)31)36-14-10-19(36)22(37)32-11-7-17-3-5-18(6-4-17)24(26,27)28;2-1-3/h3-6,15-16,19H,2,7-14H2,1H3,(H,32,37);/t19-;/m0./s1. The van der Waals surface area contributed by atoms with Crippen LogP contribution in [0.25, 0.3) is 0 Å². The van der Waals surface area contributed by atoms with Crippen molar-refractivity contribution in [1.82, 2.24) is 15.3 Å². The van der Waals surface area contributed by atoms with Gasteiger partial charge in [-0.1, -0.05) is 25.5 Å². The Hall–Kier alpha value is -3.67. The molecule has 0 unspecified atom stereocenters. The fourth-order valence-electron chi connectivity index (χ4n) is 4.67. The third-order valence-electron chi connectivity index (χ3n) is 7.08. The maximum absolute atomic E-state index is 13.6. The minimum absolute atomic E-state index is 0.0593. The molecule has 4 rings (SSSR count). The molecule has 0 aliphatic carbocycles. The second-order valence-electron chi connectivity index (χ2n) is 9.56. The van der Waals surface area contributed by atoms with Crippen LogP contribution in [-0.2, 0) is 33.2 Å². The average molecular weight is 574 g/mol. The highest BCUT2D eigenvalue weighted by atomic mass is 19.4. The molecule has 2 aliphatic rings. The molecule has 2 aliphatic heterocycles. The average Bonchev–Trinajstić information content (AvgIpc) is 2.88. The van der Waals surface area contributed by atoms with Gasteiger partial charge in [0.15, 0.2) is 0 Å². The summed E-state index contributed by atoms with van der Waals surface area (Å²) in [6.07, 6.45) is -5.33. The first-order valence-electron chi connectivity index (χ1n) is 12.8. The molecule has 0 radical (unpaired) electrons. The van der Waals surface area contributed by atoms with Crippen molar-refractivity contribution in [2.45, 2.75) is 57.4 Å². The third-order valence-corrected chi connectivity index (χ3v) is 7.08. The maximum Gasteiger partial charge on any atom is 0.451 e. The molecule has 1 N–H and O–H groups in total. The Bertz CT molecular complexity index is 1170. The number of hydrogen-bond acceptors (Lipinski definition) is 7. The van der Waals surface area contributed by atoms with Crippen molar-refractivity contribution >= 4 is 23.7 Å². The fourth-order valence-corrected chi connectivity index (χ4v) is 4.67. The smallest absolute Gasteiger partial charge is 0.356 e. The van der Waals surface area contributed by atoms with E-state index in [9.17, 15) is 31.1 Å². The molecule has 1 aromatic carbocycles. The molecule has 14 heteroatoms. The maximum atomic E-state index is 13.6. The lowest BCUT2D eigenvalue weighted by atomic mass is 9.94. The fraction of sp³-hybridized carbons (Fsp3) is 0.538. The number of aromatic nitrogens is 2. The van der Waals surface area contributed by atoms with Crippen molar-refractivity contribution in [2.75, 3.05) is 36.0 Å². The number of amides is 1. The van der Waals surface area contributed by atoms with Crippen LogP contribution in [-0.4, -0.2) is 54.2 Å². The second kappa shape index (κ2) is 13.1. The van der Waals surface area contributed by atoms with Crippen molar-refractivity contribution in [2.24, 2.45) is 5.92 Å². The van der Waals surface area contributed by atoms with Crippen molar-refractivity contribution in [3.63, 3.8) is 0 Å². The van der Waals surface area contributed by atoms with Gasteiger partial charge in [-0.25, -0.2) is 9.97 Å². The Balaban J connectivity index is 0.00000141. The van der Waals surface area contributed by atoms with Crippen LogP contribution in [0.3, 0.4) is 0 Å². The zero-order valence-corrected chi connectivity index (χ0v) is 21.7. The predicted molar refractivity (Wildman–Crippen MR) is 131 cm³/mol. The number of hydrogen-bond donors (Lipinski definition) is 1. The molecule has 1 aromatic heterocycles. The topological polar surface area (TPSA) is 95.5 Å². The summed E-state index contributed by atoms with van der Waals surface area (Å²) < 4.78 is 78.9. The van der Waals surface area contributed by atoms with Crippen LogP contribution in [0.5, 0.6) is 0 Å².